The molecule has 0 fully saturated rings. The highest BCUT2D eigenvalue weighted by atomic mass is 79.9. The smallest absolute Gasteiger partial charge is 0.235 e. The average Bonchev–Trinajstić information content (AvgIpc) is 2.48. The third-order valence-corrected chi connectivity index (χ3v) is 3.87. The molecule has 2 rings (SSSR count). The van der Waals surface area contributed by atoms with E-state index in [0.29, 0.717) is 16.7 Å². The Bertz CT molecular complexity index is 648. The van der Waals surface area contributed by atoms with Crippen LogP contribution in [-0.2, 0) is 11.2 Å². The second-order valence-corrected chi connectivity index (χ2v) is 5.79. The Balaban J connectivity index is 2.13. The van der Waals surface area contributed by atoms with Crippen molar-refractivity contribution in [2.75, 3.05) is 5.32 Å². The van der Waals surface area contributed by atoms with E-state index in [1.54, 1.807) is 18.3 Å². The van der Waals surface area contributed by atoms with E-state index in [-0.39, 0.29) is 10.9 Å². The standard InChI is InChI=1S/C15H14BrN3OS/c16-12-7-4-8-18-14(12)19-15(20)11(13(17)21)9-10-5-2-1-3-6-10/h1-8,11H,9H2,(H2,17,21)(H,18,19,20). The zero-order valence-corrected chi connectivity index (χ0v) is 13.5. The van der Waals surface area contributed by atoms with Crippen LogP contribution in [0.3, 0.4) is 0 Å². The first kappa shape index (κ1) is 15.6. The Labute approximate surface area is 136 Å². The zero-order valence-electron chi connectivity index (χ0n) is 11.1. The molecular formula is C15H14BrN3OS. The number of aromatic nitrogens is 1. The van der Waals surface area contributed by atoms with Crippen LogP contribution in [0.15, 0.2) is 53.1 Å². The van der Waals surface area contributed by atoms with Gasteiger partial charge in [-0.25, -0.2) is 4.98 Å². The molecule has 6 heteroatoms. The molecule has 108 valence electrons. The molecule has 3 N–H and O–H groups in total. The van der Waals surface area contributed by atoms with Crippen LogP contribution in [0, 0.1) is 5.92 Å². The van der Waals surface area contributed by atoms with Crippen LogP contribution in [0.25, 0.3) is 0 Å². The summed E-state index contributed by atoms with van der Waals surface area (Å²) in [5.41, 5.74) is 6.72. The summed E-state index contributed by atoms with van der Waals surface area (Å²) >= 11 is 8.36. The molecule has 0 spiro atoms. The van der Waals surface area contributed by atoms with Gasteiger partial charge >= 0.3 is 0 Å². The molecule has 1 amide bonds. The summed E-state index contributed by atoms with van der Waals surface area (Å²) in [7, 11) is 0. The zero-order chi connectivity index (χ0) is 15.2. The van der Waals surface area contributed by atoms with Crippen molar-refractivity contribution in [2.24, 2.45) is 11.7 Å². The van der Waals surface area contributed by atoms with Crippen molar-refractivity contribution >= 4 is 44.9 Å². The molecule has 0 bridgehead atoms. The fraction of sp³-hybridized carbons (Fsp3) is 0.133. The molecule has 0 saturated carbocycles. The second-order valence-electron chi connectivity index (χ2n) is 4.47. The average molecular weight is 364 g/mol. The first-order valence-electron chi connectivity index (χ1n) is 6.32. The Kier molecular flexibility index (Phi) is 5.41. The molecule has 0 radical (unpaired) electrons. The van der Waals surface area contributed by atoms with E-state index in [0.717, 1.165) is 5.56 Å². The van der Waals surface area contributed by atoms with Gasteiger partial charge in [0.1, 0.15) is 5.82 Å². The summed E-state index contributed by atoms with van der Waals surface area (Å²) in [6, 6.07) is 13.2. The maximum atomic E-state index is 12.4. The summed E-state index contributed by atoms with van der Waals surface area (Å²) in [6.45, 7) is 0. The number of carbonyl (C=O) groups excluding carboxylic acids is 1. The third-order valence-electron chi connectivity index (χ3n) is 2.94. The van der Waals surface area contributed by atoms with Crippen molar-refractivity contribution in [1.29, 1.82) is 0 Å². The summed E-state index contributed by atoms with van der Waals surface area (Å²) < 4.78 is 0.708. The van der Waals surface area contributed by atoms with Gasteiger partial charge in [-0.3, -0.25) is 4.79 Å². The number of nitrogens with two attached hydrogens (primary N) is 1. The van der Waals surface area contributed by atoms with Gasteiger partial charge in [0.2, 0.25) is 5.91 Å². The minimum Gasteiger partial charge on any atom is -0.393 e. The van der Waals surface area contributed by atoms with Gasteiger partial charge in [0.05, 0.1) is 15.4 Å². The van der Waals surface area contributed by atoms with Crippen molar-refractivity contribution in [3.8, 4) is 0 Å². The van der Waals surface area contributed by atoms with Crippen LogP contribution < -0.4 is 11.1 Å². The third kappa shape index (κ3) is 4.34. The van der Waals surface area contributed by atoms with Gasteiger partial charge in [-0.2, -0.15) is 0 Å². The quantitative estimate of drug-likeness (QED) is 0.801. The predicted octanol–water partition coefficient (Wildman–Crippen LogP) is 2.93. The molecule has 1 aromatic carbocycles. The van der Waals surface area contributed by atoms with Gasteiger partial charge in [-0.15, -0.1) is 0 Å². The highest BCUT2D eigenvalue weighted by Crippen LogP contribution is 2.20. The van der Waals surface area contributed by atoms with E-state index in [9.17, 15) is 4.79 Å². The lowest BCUT2D eigenvalue weighted by atomic mass is 9.98. The van der Waals surface area contributed by atoms with Crippen LogP contribution in [0.1, 0.15) is 5.56 Å². The van der Waals surface area contributed by atoms with Crippen molar-refractivity contribution in [3.05, 3.63) is 58.7 Å². The van der Waals surface area contributed by atoms with E-state index in [2.05, 4.69) is 26.2 Å². The van der Waals surface area contributed by atoms with E-state index >= 15 is 0 Å². The van der Waals surface area contributed by atoms with Gasteiger partial charge in [0.25, 0.3) is 0 Å². The number of carbonyl (C=O) groups is 1. The number of pyridine rings is 1. The van der Waals surface area contributed by atoms with Crippen molar-refractivity contribution in [2.45, 2.75) is 6.42 Å². The Morgan fingerprint density at radius 1 is 1.29 bits per heavy atom. The van der Waals surface area contributed by atoms with Crippen molar-refractivity contribution in [3.63, 3.8) is 0 Å². The van der Waals surface area contributed by atoms with Crippen molar-refractivity contribution in [1.82, 2.24) is 4.98 Å². The molecule has 0 aliphatic carbocycles. The minimum absolute atomic E-state index is 0.170. The Morgan fingerprint density at radius 2 is 2.00 bits per heavy atom. The van der Waals surface area contributed by atoms with E-state index < -0.39 is 5.92 Å². The topological polar surface area (TPSA) is 68.0 Å². The lowest BCUT2D eigenvalue weighted by Crippen LogP contribution is -2.35. The van der Waals surface area contributed by atoms with Gasteiger partial charge in [0, 0.05) is 6.20 Å². The summed E-state index contributed by atoms with van der Waals surface area (Å²) in [6.07, 6.45) is 2.07. The van der Waals surface area contributed by atoms with Crippen LogP contribution in [0.5, 0.6) is 0 Å². The number of benzene rings is 1. The number of halogens is 1. The normalized spacial score (nSPS) is 11.7. The van der Waals surface area contributed by atoms with Crippen LogP contribution in [0.2, 0.25) is 0 Å². The molecule has 1 aromatic heterocycles. The molecule has 1 unspecified atom stereocenters. The molecule has 2 aromatic rings. The molecule has 0 aliphatic heterocycles. The molecule has 1 atom stereocenters. The fourth-order valence-electron chi connectivity index (χ4n) is 1.85. The van der Waals surface area contributed by atoms with Gasteiger partial charge in [-0.1, -0.05) is 42.5 Å². The Morgan fingerprint density at radius 3 is 2.62 bits per heavy atom. The first-order chi connectivity index (χ1) is 10.1. The number of hydrogen-bond donors (Lipinski definition) is 2. The number of amides is 1. The maximum absolute atomic E-state index is 12.4. The highest BCUT2D eigenvalue weighted by molar-refractivity contribution is 9.10. The summed E-state index contributed by atoms with van der Waals surface area (Å²) in [5, 5.41) is 2.75. The lowest BCUT2D eigenvalue weighted by Gasteiger charge is -2.15. The number of anilines is 1. The predicted molar refractivity (Wildman–Crippen MR) is 91.0 cm³/mol. The highest BCUT2D eigenvalue weighted by Gasteiger charge is 2.22. The SMILES string of the molecule is NC(=S)C(Cc1ccccc1)C(=O)Nc1ncccc1Br. The van der Waals surface area contributed by atoms with E-state index in [1.807, 2.05) is 30.3 Å². The number of nitrogens with zero attached hydrogens (tertiary/aromatic N) is 1. The second kappa shape index (κ2) is 7.28. The summed E-state index contributed by atoms with van der Waals surface area (Å²) in [5.74, 6) is -0.376. The maximum Gasteiger partial charge on any atom is 0.235 e. The summed E-state index contributed by atoms with van der Waals surface area (Å²) in [4.78, 5) is 16.6. The molecule has 0 saturated heterocycles. The van der Waals surface area contributed by atoms with Crippen LogP contribution in [0.4, 0.5) is 5.82 Å². The number of nitrogens with one attached hydrogen (secondary N) is 1. The first-order valence-corrected chi connectivity index (χ1v) is 7.52. The number of hydrogen-bond acceptors (Lipinski definition) is 3. The minimum atomic E-state index is -0.573. The lowest BCUT2D eigenvalue weighted by molar-refractivity contribution is -0.118. The monoisotopic (exact) mass is 363 g/mol. The molecule has 21 heavy (non-hydrogen) atoms. The molecular weight excluding hydrogens is 350 g/mol. The largest absolute Gasteiger partial charge is 0.393 e. The molecule has 4 nitrogen and oxygen atoms in total. The van der Waals surface area contributed by atoms with Gasteiger partial charge in [-0.05, 0) is 40.0 Å². The Hall–Kier alpha value is -1.79. The van der Waals surface area contributed by atoms with E-state index in [1.165, 1.54) is 0 Å². The van der Waals surface area contributed by atoms with Gasteiger partial charge < -0.3 is 11.1 Å². The van der Waals surface area contributed by atoms with Crippen LogP contribution >= 0.6 is 28.1 Å². The molecule has 0 aliphatic rings. The van der Waals surface area contributed by atoms with Crippen molar-refractivity contribution < 1.29 is 4.79 Å². The van der Waals surface area contributed by atoms with Crippen LogP contribution in [-0.4, -0.2) is 15.9 Å². The number of rotatable bonds is 5. The number of thiocarbonyl (C=S) groups is 1. The fourth-order valence-corrected chi connectivity index (χ4v) is 2.40. The van der Waals surface area contributed by atoms with E-state index in [4.69, 9.17) is 18.0 Å². The van der Waals surface area contributed by atoms with Gasteiger partial charge in [0.15, 0.2) is 0 Å². The molecule has 1 heterocycles.